The number of aliphatic hydroxyl groups is 1. The summed E-state index contributed by atoms with van der Waals surface area (Å²) in [6.45, 7) is 3.96. The molecule has 0 saturated carbocycles. The van der Waals surface area contributed by atoms with E-state index in [-0.39, 0.29) is 6.61 Å². The average Bonchev–Trinajstić information content (AvgIpc) is 2.11. The Morgan fingerprint density at radius 1 is 1.13 bits per heavy atom. The minimum atomic E-state index is -2.41. The van der Waals surface area contributed by atoms with Gasteiger partial charge in [-0.1, -0.05) is 26.7 Å². The van der Waals surface area contributed by atoms with Crippen LogP contribution in [0.1, 0.15) is 39.5 Å². The first kappa shape index (κ1) is 14.8. The van der Waals surface area contributed by atoms with Gasteiger partial charge in [0.1, 0.15) is 6.61 Å². The fraction of sp³-hybridized carbons (Fsp3) is 1.00. The van der Waals surface area contributed by atoms with Crippen LogP contribution in [0.4, 0.5) is 8.78 Å². The molecular formula is C11H22F2O2. The molecule has 0 aliphatic carbocycles. The van der Waals surface area contributed by atoms with E-state index in [0.29, 0.717) is 12.3 Å². The Morgan fingerprint density at radius 3 is 2.33 bits per heavy atom. The van der Waals surface area contributed by atoms with Crippen molar-refractivity contribution in [2.75, 3.05) is 13.2 Å². The third-order valence-electron chi connectivity index (χ3n) is 2.16. The van der Waals surface area contributed by atoms with Crippen LogP contribution in [0.15, 0.2) is 0 Å². The highest BCUT2D eigenvalue weighted by Crippen LogP contribution is 2.10. The van der Waals surface area contributed by atoms with Gasteiger partial charge in [0.05, 0.1) is 6.10 Å². The smallest absolute Gasteiger partial charge is 0.261 e. The quantitative estimate of drug-likeness (QED) is 0.610. The molecule has 0 saturated heterocycles. The van der Waals surface area contributed by atoms with Crippen LogP contribution in [0.5, 0.6) is 0 Å². The zero-order chi connectivity index (χ0) is 11.7. The van der Waals surface area contributed by atoms with Gasteiger partial charge in [0, 0.05) is 6.61 Å². The van der Waals surface area contributed by atoms with Crippen molar-refractivity contribution in [1.29, 1.82) is 0 Å². The molecule has 0 rings (SSSR count). The predicted molar refractivity (Wildman–Crippen MR) is 56.1 cm³/mol. The third-order valence-corrected chi connectivity index (χ3v) is 2.16. The minimum absolute atomic E-state index is 0.215. The van der Waals surface area contributed by atoms with Crippen molar-refractivity contribution < 1.29 is 18.6 Å². The van der Waals surface area contributed by atoms with Crippen LogP contribution in [0, 0.1) is 5.92 Å². The molecule has 92 valence electrons. The molecule has 1 unspecified atom stereocenters. The largest absolute Gasteiger partial charge is 0.393 e. The highest BCUT2D eigenvalue weighted by molar-refractivity contribution is 4.57. The van der Waals surface area contributed by atoms with Gasteiger partial charge in [-0.25, -0.2) is 8.78 Å². The zero-order valence-corrected chi connectivity index (χ0v) is 9.59. The van der Waals surface area contributed by atoms with Crippen molar-refractivity contribution in [2.45, 2.75) is 52.1 Å². The molecule has 0 aromatic heterocycles. The van der Waals surface area contributed by atoms with Crippen LogP contribution in [0.3, 0.4) is 0 Å². The summed E-state index contributed by atoms with van der Waals surface area (Å²) in [7, 11) is 0. The Kier molecular flexibility index (Phi) is 8.91. The van der Waals surface area contributed by atoms with E-state index in [2.05, 4.69) is 18.6 Å². The molecule has 2 nitrogen and oxygen atoms in total. The fourth-order valence-corrected chi connectivity index (χ4v) is 1.30. The van der Waals surface area contributed by atoms with Gasteiger partial charge in [0.2, 0.25) is 0 Å². The molecule has 0 aliphatic heterocycles. The van der Waals surface area contributed by atoms with Crippen molar-refractivity contribution in [2.24, 2.45) is 5.92 Å². The Labute approximate surface area is 90.6 Å². The molecule has 0 aromatic rings. The second kappa shape index (κ2) is 9.04. The van der Waals surface area contributed by atoms with Crippen molar-refractivity contribution in [1.82, 2.24) is 0 Å². The maximum absolute atomic E-state index is 11.7. The van der Waals surface area contributed by atoms with Crippen LogP contribution in [-0.4, -0.2) is 30.8 Å². The molecule has 15 heavy (non-hydrogen) atoms. The molecule has 0 aliphatic rings. The van der Waals surface area contributed by atoms with E-state index in [9.17, 15) is 13.9 Å². The molecule has 0 heterocycles. The van der Waals surface area contributed by atoms with Gasteiger partial charge in [-0.15, -0.1) is 0 Å². The summed E-state index contributed by atoms with van der Waals surface area (Å²) in [4.78, 5) is 0. The Morgan fingerprint density at radius 2 is 1.80 bits per heavy atom. The van der Waals surface area contributed by atoms with Crippen LogP contribution >= 0.6 is 0 Å². The number of aliphatic hydroxyl groups excluding tert-OH is 1. The van der Waals surface area contributed by atoms with Gasteiger partial charge >= 0.3 is 0 Å². The lowest BCUT2D eigenvalue weighted by Crippen LogP contribution is -2.13. The lowest BCUT2D eigenvalue weighted by atomic mass is 10.0. The number of ether oxygens (including phenoxy) is 1. The maximum Gasteiger partial charge on any atom is 0.261 e. The highest BCUT2D eigenvalue weighted by Gasteiger charge is 2.06. The summed E-state index contributed by atoms with van der Waals surface area (Å²) in [5.41, 5.74) is 0. The molecule has 0 fully saturated rings. The van der Waals surface area contributed by atoms with Gasteiger partial charge in [-0.2, -0.15) is 0 Å². The molecule has 0 bridgehead atoms. The minimum Gasteiger partial charge on any atom is -0.393 e. The van der Waals surface area contributed by atoms with Crippen molar-refractivity contribution in [3.8, 4) is 0 Å². The molecule has 4 heteroatoms. The normalized spacial score (nSPS) is 13.8. The monoisotopic (exact) mass is 224 g/mol. The lowest BCUT2D eigenvalue weighted by molar-refractivity contribution is 0.00394. The molecule has 1 atom stereocenters. The van der Waals surface area contributed by atoms with Crippen LogP contribution in [0.2, 0.25) is 0 Å². The van der Waals surface area contributed by atoms with Crippen LogP contribution in [0.25, 0.3) is 0 Å². The van der Waals surface area contributed by atoms with Gasteiger partial charge in [-0.3, -0.25) is 0 Å². The molecule has 0 aromatic carbocycles. The van der Waals surface area contributed by atoms with Gasteiger partial charge in [0.15, 0.2) is 0 Å². The second-order valence-electron chi connectivity index (χ2n) is 4.23. The first-order chi connectivity index (χ1) is 7.02. The summed E-state index contributed by atoms with van der Waals surface area (Å²) in [6.07, 6.45) is 0.424. The van der Waals surface area contributed by atoms with Crippen LogP contribution < -0.4 is 0 Å². The molecule has 1 N–H and O–H groups in total. The molecule has 0 spiro atoms. The summed E-state index contributed by atoms with van der Waals surface area (Å²) < 4.78 is 28.0. The summed E-state index contributed by atoms with van der Waals surface area (Å²) in [5, 5.41) is 9.46. The summed E-state index contributed by atoms with van der Waals surface area (Å²) in [5.74, 6) is 0.646. The number of hydrogen-bond acceptors (Lipinski definition) is 2. The Balaban J connectivity index is 3.22. The van der Waals surface area contributed by atoms with E-state index in [1.807, 2.05) is 0 Å². The number of halogens is 2. The molecule has 0 radical (unpaired) electrons. The summed E-state index contributed by atoms with van der Waals surface area (Å²) in [6, 6.07) is 0. The number of rotatable bonds is 9. The van der Waals surface area contributed by atoms with E-state index in [0.717, 1.165) is 19.3 Å². The zero-order valence-electron chi connectivity index (χ0n) is 9.59. The Hall–Kier alpha value is -0.220. The van der Waals surface area contributed by atoms with E-state index in [1.165, 1.54) is 0 Å². The van der Waals surface area contributed by atoms with Gasteiger partial charge < -0.3 is 9.84 Å². The third kappa shape index (κ3) is 11.7. The summed E-state index contributed by atoms with van der Waals surface area (Å²) >= 11 is 0. The highest BCUT2D eigenvalue weighted by atomic mass is 19.3. The lowest BCUT2D eigenvalue weighted by Gasteiger charge is -2.11. The SMILES string of the molecule is CC(C)CCCC(O)CCOCC(F)F. The van der Waals surface area contributed by atoms with E-state index >= 15 is 0 Å². The first-order valence-corrected chi connectivity index (χ1v) is 5.56. The van der Waals surface area contributed by atoms with Crippen LogP contribution in [-0.2, 0) is 4.74 Å². The van der Waals surface area contributed by atoms with Gasteiger partial charge in [0.25, 0.3) is 6.43 Å². The number of alkyl halides is 2. The first-order valence-electron chi connectivity index (χ1n) is 5.56. The van der Waals surface area contributed by atoms with Gasteiger partial charge in [-0.05, 0) is 18.8 Å². The fourth-order valence-electron chi connectivity index (χ4n) is 1.30. The standard InChI is InChI=1S/C11H22F2O2/c1-9(2)4-3-5-10(14)6-7-15-8-11(12)13/h9-11,14H,3-8H2,1-2H3. The molecular weight excluding hydrogens is 202 g/mol. The topological polar surface area (TPSA) is 29.5 Å². The van der Waals surface area contributed by atoms with Crippen molar-refractivity contribution in [3.05, 3.63) is 0 Å². The number of hydrogen-bond donors (Lipinski definition) is 1. The second-order valence-corrected chi connectivity index (χ2v) is 4.23. The predicted octanol–water partition coefficient (Wildman–Crippen LogP) is 2.85. The average molecular weight is 224 g/mol. The maximum atomic E-state index is 11.7. The van der Waals surface area contributed by atoms with E-state index < -0.39 is 19.1 Å². The van der Waals surface area contributed by atoms with Crippen molar-refractivity contribution in [3.63, 3.8) is 0 Å². The Bertz CT molecular complexity index is 141. The van der Waals surface area contributed by atoms with E-state index in [4.69, 9.17) is 0 Å². The van der Waals surface area contributed by atoms with E-state index in [1.54, 1.807) is 0 Å². The van der Waals surface area contributed by atoms with Crippen molar-refractivity contribution >= 4 is 0 Å². The molecule has 0 amide bonds.